The summed E-state index contributed by atoms with van der Waals surface area (Å²) in [6.45, 7) is 1.86. The average molecular weight is 412 g/mol. The van der Waals surface area contributed by atoms with E-state index in [0.29, 0.717) is 16.9 Å². The van der Waals surface area contributed by atoms with Crippen molar-refractivity contribution in [2.45, 2.75) is 6.92 Å². The molecule has 2 aromatic heterocycles. The van der Waals surface area contributed by atoms with E-state index in [2.05, 4.69) is 9.97 Å². The number of allylic oxidation sites excluding steroid dienone is 1. The third kappa shape index (κ3) is 3.92. The molecule has 6 nitrogen and oxygen atoms in total. The maximum Gasteiger partial charge on any atom is 0.189 e. The van der Waals surface area contributed by atoms with Gasteiger partial charge in [-0.15, -0.1) is 0 Å². The van der Waals surface area contributed by atoms with E-state index in [-0.39, 0.29) is 5.78 Å². The third-order valence-electron chi connectivity index (χ3n) is 5.05. The molecule has 31 heavy (non-hydrogen) atoms. The zero-order valence-corrected chi connectivity index (χ0v) is 18.0. The second-order valence-electron chi connectivity index (χ2n) is 7.44. The summed E-state index contributed by atoms with van der Waals surface area (Å²) < 4.78 is 7.25. The van der Waals surface area contributed by atoms with Crippen molar-refractivity contribution in [1.29, 1.82) is 0 Å². The van der Waals surface area contributed by atoms with Crippen molar-refractivity contribution >= 4 is 16.9 Å². The van der Waals surface area contributed by atoms with Crippen molar-refractivity contribution in [2.24, 2.45) is 0 Å². The lowest BCUT2D eigenvalue weighted by atomic mass is 9.95. The monoisotopic (exact) mass is 412 g/mol. The van der Waals surface area contributed by atoms with E-state index in [4.69, 9.17) is 4.74 Å². The molecule has 0 spiro atoms. The summed E-state index contributed by atoms with van der Waals surface area (Å²) in [7, 11) is 5.41. The minimum atomic E-state index is -0.0954. The van der Waals surface area contributed by atoms with Crippen LogP contribution < -0.4 is 4.74 Å². The molecule has 0 radical (unpaired) electrons. The van der Waals surface area contributed by atoms with Gasteiger partial charge in [-0.2, -0.15) is 0 Å². The first kappa shape index (κ1) is 20.3. The number of rotatable bonds is 6. The van der Waals surface area contributed by atoms with Crippen LogP contribution in [0.2, 0.25) is 0 Å². The quantitative estimate of drug-likeness (QED) is 0.340. The van der Waals surface area contributed by atoms with Gasteiger partial charge in [-0.3, -0.25) is 9.36 Å². The number of benzene rings is 2. The van der Waals surface area contributed by atoms with Gasteiger partial charge in [-0.05, 0) is 36.8 Å². The first-order valence-electron chi connectivity index (χ1n) is 9.96. The van der Waals surface area contributed by atoms with Gasteiger partial charge in [0.25, 0.3) is 0 Å². The summed E-state index contributed by atoms with van der Waals surface area (Å²) in [4.78, 5) is 24.3. The van der Waals surface area contributed by atoms with Crippen molar-refractivity contribution in [2.75, 3.05) is 21.2 Å². The van der Waals surface area contributed by atoms with Crippen LogP contribution in [0.1, 0.15) is 16.1 Å². The van der Waals surface area contributed by atoms with Crippen molar-refractivity contribution in [3.63, 3.8) is 0 Å². The number of hydrogen-bond acceptors (Lipinski definition) is 5. The number of ether oxygens (including phenoxy) is 1. The van der Waals surface area contributed by atoms with E-state index >= 15 is 0 Å². The number of imidazole rings is 1. The molecule has 0 fully saturated rings. The number of carbonyl (C=O) groups is 1. The Labute approximate surface area is 181 Å². The molecule has 6 heteroatoms. The molecular weight excluding hydrogens is 388 g/mol. The Bertz CT molecular complexity index is 1260. The Balaban J connectivity index is 2.03. The predicted octanol–water partition coefficient (Wildman–Crippen LogP) is 4.66. The Kier molecular flexibility index (Phi) is 5.54. The number of ketones is 1. The molecule has 2 aromatic carbocycles. The fraction of sp³-hybridized carbons (Fsp3) is 0.160. The number of aromatic nitrogens is 3. The Morgan fingerprint density at radius 1 is 1.06 bits per heavy atom. The molecule has 0 amide bonds. The minimum Gasteiger partial charge on any atom is -0.497 e. The maximum absolute atomic E-state index is 13.3. The Morgan fingerprint density at radius 3 is 2.42 bits per heavy atom. The highest BCUT2D eigenvalue weighted by Gasteiger charge is 2.22. The highest BCUT2D eigenvalue weighted by Crippen LogP contribution is 2.34. The number of carbonyl (C=O) groups excluding carboxylic acids is 1. The maximum atomic E-state index is 13.3. The summed E-state index contributed by atoms with van der Waals surface area (Å²) in [6.07, 6.45) is 5.08. The van der Waals surface area contributed by atoms with Crippen LogP contribution in [0, 0.1) is 6.92 Å². The minimum absolute atomic E-state index is 0.0954. The smallest absolute Gasteiger partial charge is 0.189 e. The molecule has 0 unspecified atom stereocenters. The third-order valence-corrected chi connectivity index (χ3v) is 5.05. The summed E-state index contributed by atoms with van der Waals surface area (Å²) in [5, 5.41) is 0. The van der Waals surface area contributed by atoms with Gasteiger partial charge in [0, 0.05) is 37.6 Å². The second kappa shape index (κ2) is 8.44. The van der Waals surface area contributed by atoms with Crippen LogP contribution >= 0.6 is 0 Å². The van der Waals surface area contributed by atoms with Crippen LogP contribution in [0.5, 0.6) is 5.75 Å². The molecule has 4 aromatic rings. The van der Waals surface area contributed by atoms with Gasteiger partial charge in [0.15, 0.2) is 11.4 Å². The van der Waals surface area contributed by atoms with Gasteiger partial charge in [-0.25, -0.2) is 9.97 Å². The lowest BCUT2D eigenvalue weighted by Gasteiger charge is -2.15. The van der Waals surface area contributed by atoms with Crippen molar-refractivity contribution in [1.82, 2.24) is 19.4 Å². The molecule has 4 rings (SSSR count). The molecule has 0 bridgehead atoms. The number of nitrogens with zero attached hydrogens (tertiary/aromatic N) is 4. The summed E-state index contributed by atoms with van der Waals surface area (Å²) >= 11 is 0. The predicted molar refractivity (Wildman–Crippen MR) is 123 cm³/mol. The van der Waals surface area contributed by atoms with Crippen LogP contribution in [0.25, 0.3) is 28.0 Å². The number of methoxy groups -OCH3 is 1. The van der Waals surface area contributed by atoms with Crippen LogP contribution in [0.15, 0.2) is 73.2 Å². The van der Waals surface area contributed by atoms with E-state index in [9.17, 15) is 4.79 Å². The number of pyridine rings is 1. The molecule has 0 atom stereocenters. The van der Waals surface area contributed by atoms with Crippen molar-refractivity contribution in [3.8, 4) is 22.6 Å². The number of fused-ring (bicyclic) bond motifs is 1. The molecule has 0 saturated heterocycles. The fourth-order valence-corrected chi connectivity index (χ4v) is 3.59. The van der Waals surface area contributed by atoms with Gasteiger partial charge in [0.05, 0.1) is 18.4 Å². The van der Waals surface area contributed by atoms with Crippen LogP contribution in [-0.4, -0.2) is 46.4 Å². The number of aryl methyl sites for hydroxylation is 1. The highest BCUT2D eigenvalue weighted by molar-refractivity contribution is 6.14. The van der Waals surface area contributed by atoms with Crippen LogP contribution in [0.3, 0.4) is 0 Å². The average Bonchev–Trinajstić information content (AvgIpc) is 3.20. The van der Waals surface area contributed by atoms with E-state index in [1.807, 2.05) is 85.1 Å². The second-order valence-corrected chi connectivity index (χ2v) is 7.44. The van der Waals surface area contributed by atoms with Crippen LogP contribution in [0.4, 0.5) is 0 Å². The van der Waals surface area contributed by atoms with Gasteiger partial charge >= 0.3 is 0 Å². The lowest BCUT2D eigenvalue weighted by molar-refractivity contribution is 0.104. The normalized spacial score (nSPS) is 11.2. The molecule has 2 heterocycles. The zero-order valence-electron chi connectivity index (χ0n) is 18.0. The van der Waals surface area contributed by atoms with E-state index in [1.165, 1.54) is 0 Å². The van der Waals surface area contributed by atoms with Gasteiger partial charge in [0.2, 0.25) is 0 Å². The standard InChI is InChI=1S/C25H24N4O2/c1-17-22(21(30)14-15-28(2)3)23(18-8-6-5-7-9-18)24-25(27-17)26-16-29(24)19-10-12-20(31-4)13-11-19/h5-16H,1-4H3/b15-14+. The molecule has 0 saturated carbocycles. The van der Waals surface area contributed by atoms with Crippen molar-refractivity contribution < 1.29 is 9.53 Å². The molecule has 0 N–H and O–H groups in total. The first-order valence-corrected chi connectivity index (χ1v) is 9.96. The first-order chi connectivity index (χ1) is 15.0. The number of hydrogen-bond donors (Lipinski definition) is 0. The lowest BCUT2D eigenvalue weighted by Crippen LogP contribution is -2.08. The van der Waals surface area contributed by atoms with Crippen molar-refractivity contribution in [3.05, 3.63) is 84.5 Å². The highest BCUT2D eigenvalue weighted by atomic mass is 16.5. The molecular formula is C25H24N4O2. The molecule has 0 aliphatic rings. The molecule has 0 aliphatic heterocycles. The van der Waals surface area contributed by atoms with E-state index in [0.717, 1.165) is 28.1 Å². The molecule has 0 aliphatic carbocycles. The summed E-state index contributed by atoms with van der Waals surface area (Å²) in [5.41, 5.74) is 5.30. The van der Waals surface area contributed by atoms with Gasteiger partial charge in [0.1, 0.15) is 17.6 Å². The van der Waals surface area contributed by atoms with Gasteiger partial charge < -0.3 is 9.64 Å². The van der Waals surface area contributed by atoms with Crippen LogP contribution in [-0.2, 0) is 0 Å². The fourth-order valence-electron chi connectivity index (χ4n) is 3.59. The largest absolute Gasteiger partial charge is 0.497 e. The Morgan fingerprint density at radius 2 is 1.77 bits per heavy atom. The zero-order chi connectivity index (χ0) is 22.0. The van der Waals surface area contributed by atoms with E-state index < -0.39 is 0 Å². The van der Waals surface area contributed by atoms with Gasteiger partial charge in [-0.1, -0.05) is 30.3 Å². The summed E-state index contributed by atoms with van der Waals surface area (Å²) in [6, 6.07) is 17.6. The Hall–Kier alpha value is -3.93. The molecule has 156 valence electrons. The van der Waals surface area contributed by atoms with E-state index in [1.54, 1.807) is 25.7 Å². The topological polar surface area (TPSA) is 60.2 Å². The SMILES string of the molecule is COc1ccc(-n2cnc3nc(C)c(C(=O)/C=C/N(C)C)c(-c4ccccc4)c32)cc1. The summed E-state index contributed by atoms with van der Waals surface area (Å²) in [5.74, 6) is 0.678.